The lowest BCUT2D eigenvalue weighted by Gasteiger charge is -2.12. The predicted octanol–water partition coefficient (Wildman–Crippen LogP) is 0.988. The van der Waals surface area contributed by atoms with E-state index in [4.69, 9.17) is 23.2 Å². The van der Waals surface area contributed by atoms with Gasteiger partial charge in [0.25, 0.3) is 0 Å². The first-order valence-electron chi connectivity index (χ1n) is 3.33. The Morgan fingerprint density at radius 3 is 2.30 bits per heavy atom. The fraction of sp³-hybridized carbons (Fsp3) is 1.00. The number of hydrogen-bond donors (Lipinski definition) is 2. The Labute approximate surface area is 72.3 Å². The fourth-order valence-corrected chi connectivity index (χ4v) is 0.847. The molecule has 0 fully saturated rings. The molecular formula is C6H14Cl2N2. The van der Waals surface area contributed by atoms with Crippen molar-refractivity contribution in [3.8, 4) is 0 Å². The van der Waals surface area contributed by atoms with E-state index >= 15 is 0 Å². The van der Waals surface area contributed by atoms with Crippen molar-refractivity contribution >= 4 is 23.2 Å². The summed E-state index contributed by atoms with van der Waals surface area (Å²) in [7, 11) is 1.91. The molecule has 0 bridgehead atoms. The Hall–Kier alpha value is 0.500. The molecule has 0 heterocycles. The van der Waals surface area contributed by atoms with Gasteiger partial charge in [-0.3, -0.25) is 0 Å². The van der Waals surface area contributed by atoms with Crippen LogP contribution in [0.4, 0.5) is 0 Å². The third-order valence-electron chi connectivity index (χ3n) is 1.13. The van der Waals surface area contributed by atoms with E-state index in [0.29, 0.717) is 12.6 Å². The highest BCUT2D eigenvalue weighted by molar-refractivity contribution is 6.44. The second-order valence-electron chi connectivity index (χ2n) is 2.26. The summed E-state index contributed by atoms with van der Waals surface area (Å²) >= 11 is 11.0. The van der Waals surface area contributed by atoms with Crippen molar-refractivity contribution in [2.24, 2.45) is 0 Å². The Morgan fingerprint density at radius 1 is 1.30 bits per heavy atom. The molecule has 0 aromatic carbocycles. The van der Waals surface area contributed by atoms with E-state index in [-0.39, 0.29) is 4.84 Å². The Balaban J connectivity index is 3.12. The van der Waals surface area contributed by atoms with E-state index < -0.39 is 0 Å². The minimum atomic E-state index is -0.306. The first-order chi connectivity index (χ1) is 4.66. The van der Waals surface area contributed by atoms with E-state index in [1.54, 1.807) is 0 Å². The smallest absolute Gasteiger partial charge is 0.120 e. The predicted molar refractivity (Wildman–Crippen MR) is 46.9 cm³/mol. The maximum absolute atomic E-state index is 5.50. The van der Waals surface area contributed by atoms with Gasteiger partial charge in [0, 0.05) is 19.1 Å². The molecule has 10 heavy (non-hydrogen) atoms. The maximum Gasteiger partial charge on any atom is 0.120 e. The Bertz CT molecular complexity index is 78.1. The molecule has 4 heteroatoms. The molecule has 1 unspecified atom stereocenters. The molecule has 2 N–H and O–H groups in total. The number of likely N-dealkylation sites (N-methyl/N-ethyl adjacent to an activating group) is 1. The third-order valence-corrected chi connectivity index (χ3v) is 1.44. The molecule has 0 saturated heterocycles. The zero-order valence-corrected chi connectivity index (χ0v) is 7.84. The molecule has 62 valence electrons. The van der Waals surface area contributed by atoms with Gasteiger partial charge in [0.1, 0.15) is 4.84 Å². The van der Waals surface area contributed by atoms with E-state index in [1.165, 1.54) is 0 Å². The second kappa shape index (κ2) is 6.23. The van der Waals surface area contributed by atoms with E-state index in [2.05, 4.69) is 17.6 Å². The summed E-state index contributed by atoms with van der Waals surface area (Å²) in [6.45, 7) is 3.65. The number of nitrogens with one attached hydrogen (secondary N) is 2. The van der Waals surface area contributed by atoms with Crippen LogP contribution in [0.15, 0.2) is 0 Å². The van der Waals surface area contributed by atoms with Crippen molar-refractivity contribution < 1.29 is 0 Å². The summed E-state index contributed by atoms with van der Waals surface area (Å²) < 4.78 is 0. The van der Waals surface area contributed by atoms with Gasteiger partial charge in [-0.05, 0) is 14.0 Å². The molecule has 0 aromatic rings. The minimum Gasteiger partial charge on any atom is -0.318 e. The lowest BCUT2D eigenvalue weighted by molar-refractivity contribution is 0.536. The summed E-state index contributed by atoms with van der Waals surface area (Å²) in [5.74, 6) is 0. The minimum absolute atomic E-state index is 0.306. The Morgan fingerprint density at radius 2 is 1.90 bits per heavy atom. The first-order valence-corrected chi connectivity index (χ1v) is 4.20. The molecule has 0 rings (SSSR count). The van der Waals surface area contributed by atoms with Gasteiger partial charge in [-0.1, -0.05) is 0 Å². The maximum atomic E-state index is 5.50. The standard InChI is InChI=1S/C6H14Cl2N2/c1-5(3-9-2)10-4-6(7)8/h5-6,9-10H,3-4H2,1-2H3. The van der Waals surface area contributed by atoms with Crippen LogP contribution in [-0.2, 0) is 0 Å². The van der Waals surface area contributed by atoms with Gasteiger partial charge in [0.05, 0.1) is 0 Å². The van der Waals surface area contributed by atoms with Crippen LogP contribution < -0.4 is 10.6 Å². The number of halogens is 2. The normalized spacial score (nSPS) is 14.1. The topological polar surface area (TPSA) is 24.1 Å². The molecule has 1 atom stereocenters. The number of hydrogen-bond acceptors (Lipinski definition) is 2. The monoisotopic (exact) mass is 184 g/mol. The van der Waals surface area contributed by atoms with E-state index in [1.807, 2.05) is 7.05 Å². The molecule has 0 radical (unpaired) electrons. The van der Waals surface area contributed by atoms with Crippen LogP contribution in [-0.4, -0.2) is 31.0 Å². The van der Waals surface area contributed by atoms with Gasteiger partial charge < -0.3 is 10.6 Å². The van der Waals surface area contributed by atoms with Gasteiger partial charge in [-0.15, -0.1) is 23.2 Å². The van der Waals surface area contributed by atoms with Crippen molar-refractivity contribution in [2.45, 2.75) is 17.8 Å². The summed E-state index contributed by atoms with van der Waals surface area (Å²) in [5.41, 5.74) is 0. The highest BCUT2D eigenvalue weighted by atomic mass is 35.5. The Kier molecular flexibility index (Phi) is 6.54. The summed E-state index contributed by atoms with van der Waals surface area (Å²) in [6.07, 6.45) is 0. The van der Waals surface area contributed by atoms with Gasteiger partial charge in [0.15, 0.2) is 0 Å². The molecular weight excluding hydrogens is 171 g/mol. The highest BCUT2D eigenvalue weighted by Gasteiger charge is 2.01. The summed E-state index contributed by atoms with van der Waals surface area (Å²) in [6, 6.07) is 0.421. The molecule has 0 spiro atoms. The summed E-state index contributed by atoms with van der Waals surface area (Å²) in [5, 5.41) is 6.20. The lowest BCUT2D eigenvalue weighted by atomic mass is 10.3. The molecule has 0 aliphatic carbocycles. The van der Waals surface area contributed by atoms with Crippen molar-refractivity contribution in [2.75, 3.05) is 20.1 Å². The van der Waals surface area contributed by atoms with E-state index in [9.17, 15) is 0 Å². The van der Waals surface area contributed by atoms with Crippen LogP contribution in [0.1, 0.15) is 6.92 Å². The van der Waals surface area contributed by atoms with Crippen molar-refractivity contribution in [1.29, 1.82) is 0 Å². The zero-order chi connectivity index (χ0) is 7.98. The average Bonchev–Trinajstić information content (AvgIpc) is 1.85. The molecule has 0 aromatic heterocycles. The van der Waals surface area contributed by atoms with Crippen molar-refractivity contribution in [3.05, 3.63) is 0 Å². The van der Waals surface area contributed by atoms with Crippen molar-refractivity contribution in [3.63, 3.8) is 0 Å². The second-order valence-corrected chi connectivity index (χ2v) is 3.54. The quantitative estimate of drug-likeness (QED) is 0.624. The van der Waals surface area contributed by atoms with Gasteiger partial charge >= 0.3 is 0 Å². The molecule has 0 amide bonds. The van der Waals surface area contributed by atoms with Crippen molar-refractivity contribution in [1.82, 2.24) is 10.6 Å². The highest BCUT2D eigenvalue weighted by Crippen LogP contribution is 1.98. The van der Waals surface area contributed by atoms with Crippen LogP contribution >= 0.6 is 23.2 Å². The summed E-state index contributed by atoms with van der Waals surface area (Å²) in [4.78, 5) is -0.306. The van der Waals surface area contributed by atoms with Crippen LogP contribution in [0.5, 0.6) is 0 Å². The largest absolute Gasteiger partial charge is 0.318 e. The zero-order valence-electron chi connectivity index (χ0n) is 6.32. The molecule has 2 nitrogen and oxygen atoms in total. The first kappa shape index (κ1) is 10.5. The van der Waals surface area contributed by atoms with E-state index in [0.717, 1.165) is 6.54 Å². The number of alkyl halides is 2. The molecule has 0 saturated carbocycles. The average molecular weight is 185 g/mol. The SMILES string of the molecule is CNCC(C)NCC(Cl)Cl. The fourth-order valence-electron chi connectivity index (χ4n) is 0.669. The van der Waals surface area contributed by atoms with Crippen LogP contribution in [0.3, 0.4) is 0 Å². The van der Waals surface area contributed by atoms with Gasteiger partial charge in [-0.25, -0.2) is 0 Å². The lowest BCUT2D eigenvalue weighted by Crippen LogP contribution is -2.37. The van der Waals surface area contributed by atoms with Crippen LogP contribution in [0, 0.1) is 0 Å². The number of rotatable bonds is 5. The van der Waals surface area contributed by atoms with Gasteiger partial charge in [0.2, 0.25) is 0 Å². The molecule has 0 aliphatic rings. The third kappa shape index (κ3) is 6.62. The molecule has 0 aliphatic heterocycles. The van der Waals surface area contributed by atoms with Gasteiger partial charge in [-0.2, -0.15) is 0 Å². The van der Waals surface area contributed by atoms with Crippen LogP contribution in [0.25, 0.3) is 0 Å². The van der Waals surface area contributed by atoms with Crippen LogP contribution in [0.2, 0.25) is 0 Å².